The van der Waals surface area contributed by atoms with Crippen LogP contribution < -0.4 is 0 Å². The minimum absolute atomic E-state index is 0.0684. The Hall–Kier alpha value is -1.65. The van der Waals surface area contributed by atoms with Gasteiger partial charge in [-0.15, -0.1) is 0 Å². The summed E-state index contributed by atoms with van der Waals surface area (Å²) >= 11 is 0. The number of allylic oxidation sites excluding steroid dienone is 8. The van der Waals surface area contributed by atoms with Crippen LogP contribution in [0.15, 0.2) is 46.6 Å². The number of carbonyl (C=O) groups excluding carboxylic acids is 1. The summed E-state index contributed by atoms with van der Waals surface area (Å²) in [6, 6.07) is 0. The number of aliphatic hydroxyl groups excluding tert-OH is 2. The number of hydrogen-bond donors (Lipinski definition) is 2. The highest BCUT2D eigenvalue weighted by Crippen LogP contribution is 2.20. The SMILES string of the molecule is CC(C)=CCC/C(C)=C/CC(/C=C(\C)CCC=C(C)C)CC(=O)OCC(O)CO. The lowest BCUT2D eigenvalue weighted by molar-refractivity contribution is -0.148. The van der Waals surface area contributed by atoms with E-state index in [1.54, 1.807) is 0 Å². The zero-order valence-electron chi connectivity index (χ0n) is 19.3. The molecular formula is C25H42O4. The zero-order chi connectivity index (χ0) is 22.2. The van der Waals surface area contributed by atoms with Crippen LogP contribution in [0.2, 0.25) is 0 Å². The Morgan fingerprint density at radius 2 is 1.45 bits per heavy atom. The van der Waals surface area contributed by atoms with Gasteiger partial charge in [-0.2, -0.15) is 0 Å². The van der Waals surface area contributed by atoms with Crippen molar-refractivity contribution in [2.75, 3.05) is 13.2 Å². The molecule has 0 aromatic carbocycles. The molecule has 0 saturated carbocycles. The van der Waals surface area contributed by atoms with Crippen molar-refractivity contribution in [1.82, 2.24) is 0 Å². The lowest BCUT2D eigenvalue weighted by Gasteiger charge is -2.14. The monoisotopic (exact) mass is 406 g/mol. The molecule has 4 nitrogen and oxygen atoms in total. The van der Waals surface area contributed by atoms with E-state index in [1.807, 2.05) is 0 Å². The van der Waals surface area contributed by atoms with Crippen LogP contribution in [0, 0.1) is 5.92 Å². The van der Waals surface area contributed by atoms with Gasteiger partial charge < -0.3 is 14.9 Å². The fraction of sp³-hybridized carbons (Fsp3) is 0.640. The van der Waals surface area contributed by atoms with Gasteiger partial charge in [-0.25, -0.2) is 0 Å². The Balaban J connectivity index is 4.95. The van der Waals surface area contributed by atoms with Gasteiger partial charge in [-0.3, -0.25) is 4.79 Å². The molecule has 166 valence electrons. The summed E-state index contributed by atoms with van der Waals surface area (Å²) in [5, 5.41) is 18.2. The first kappa shape index (κ1) is 27.4. The van der Waals surface area contributed by atoms with Crippen LogP contribution in [-0.2, 0) is 9.53 Å². The second-order valence-electron chi connectivity index (χ2n) is 8.42. The van der Waals surface area contributed by atoms with E-state index in [4.69, 9.17) is 9.84 Å². The third-order valence-corrected chi connectivity index (χ3v) is 4.55. The van der Waals surface area contributed by atoms with E-state index in [0.29, 0.717) is 0 Å². The fourth-order valence-electron chi connectivity index (χ4n) is 2.84. The van der Waals surface area contributed by atoms with Gasteiger partial charge in [0.1, 0.15) is 12.7 Å². The number of rotatable bonds is 14. The van der Waals surface area contributed by atoms with Crippen LogP contribution in [0.25, 0.3) is 0 Å². The lowest BCUT2D eigenvalue weighted by Crippen LogP contribution is -2.22. The normalized spacial score (nSPS) is 14.2. The van der Waals surface area contributed by atoms with Crippen LogP contribution in [0.5, 0.6) is 0 Å². The second kappa shape index (κ2) is 16.2. The average Bonchev–Trinajstić information content (AvgIpc) is 2.63. The maximum atomic E-state index is 12.2. The van der Waals surface area contributed by atoms with Crippen molar-refractivity contribution >= 4 is 5.97 Å². The predicted octanol–water partition coefficient (Wildman–Crippen LogP) is 5.66. The van der Waals surface area contributed by atoms with Gasteiger partial charge >= 0.3 is 5.97 Å². The Kier molecular flexibility index (Phi) is 15.3. The van der Waals surface area contributed by atoms with Gasteiger partial charge in [0, 0.05) is 0 Å². The third kappa shape index (κ3) is 17.0. The molecule has 0 spiro atoms. The summed E-state index contributed by atoms with van der Waals surface area (Å²) in [7, 11) is 0. The van der Waals surface area contributed by atoms with Gasteiger partial charge in [0.05, 0.1) is 13.0 Å². The Bertz CT molecular complexity index is 588. The lowest BCUT2D eigenvalue weighted by atomic mass is 9.95. The van der Waals surface area contributed by atoms with Gasteiger partial charge in [0.15, 0.2) is 0 Å². The highest BCUT2D eigenvalue weighted by Gasteiger charge is 2.14. The Morgan fingerprint density at radius 1 is 0.897 bits per heavy atom. The van der Waals surface area contributed by atoms with E-state index in [9.17, 15) is 9.90 Å². The van der Waals surface area contributed by atoms with Crippen LogP contribution in [0.3, 0.4) is 0 Å². The number of carbonyl (C=O) groups is 1. The first-order valence-electron chi connectivity index (χ1n) is 10.7. The van der Waals surface area contributed by atoms with Crippen molar-refractivity contribution < 1.29 is 19.7 Å². The predicted molar refractivity (Wildman–Crippen MR) is 122 cm³/mol. The van der Waals surface area contributed by atoms with Crippen LogP contribution in [-0.4, -0.2) is 35.5 Å². The molecule has 0 rings (SSSR count). The molecule has 0 amide bonds. The molecule has 0 fully saturated rings. The molecule has 0 aliphatic heterocycles. The summed E-state index contributed by atoms with van der Waals surface area (Å²) < 4.78 is 5.10. The van der Waals surface area contributed by atoms with Crippen LogP contribution >= 0.6 is 0 Å². The molecule has 0 saturated heterocycles. The maximum absolute atomic E-state index is 12.2. The molecule has 0 heterocycles. The van der Waals surface area contributed by atoms with E-state index < -0.39 is 12.7 Å². The van der Waals surface area contributed by atoms with Crippen molar-refractivity contribution in [3.63, 3.8) is 0 Å². The van der Waals surface area contributed by atoms with Gasteiger partial charge in [0.2, 0.25) is 0 Å². The van der Waals surface area contributed by atoms with Crippen molar-refractivity contribution in [3.05, 3.63) is 46.6 Å². The summed E-state index contributed by atoms with van der Waals surface area (Å²) in [6.07, 6.45) is 13.0. The van der Waals surface area contributed by atoms with Crippen LogP contribution in [0.1, 0.15) is 80.1 Å². The van der Waals surface area contributed by atoms with E-state index in [-0.39, 0.29) is 24.9 Å². The fourth-order valence-corrected chi connectivity index (χ4v) is 2.84. The van der Waals surface area contributed by atoms with Crippen molar-refractivity contribution in [2.45, 2.75) is 86.2 Å². The molecule has 4 heteroatoms. The molecule has 2 unspecified atom stereocenters. The number of esters is 1. The first-order chi connectivity index (χ1) is 13.6. The first-order valence-corrected chi connectivity index (χ1v) is 10.7. The summed E-state index contributed by atoms with van der Waals surface area (Å²) in [6.45, 7) is 12.1. The molecule has 0 aliphatic rings. The molecule has 0 radical (unpaired) electrons. The van der Waals surface area contributed by atoms with Gasteiger partial charge in [-0.05, 0) is 79.6 Å². The van der Waals surface area contributed by atoms with Gasteiger partial charge in [-0.1, -0.05) is 46.6 Å². The standard InChI is InChI=1S/C25H42O4/c1-19(2)9-7-11-21(5)13-14-23(15-22(6)12-8-10-20(3)4)16-25(28)29-18-24(27)17-26/h9-10,13,15,23-24,26-27H,7-8,11-12,14,16-18H2,1-6H3/b21-13+,22-15+. The highest BCUT2D eigenvalue weighted by atomic mass is 16.5. The van der Waals surface area contributed by atoms with E-state index >= 15 is 0 Å². The minimum Gasteiger partial charge on any atom is -0.463 e. The molecule has 0 aromatic rings. The molecule has 0 bridgehead atoms. The molecule has 0 aromatic heterocycles. The molecule has 2 N–H and O–H groups in total. The minimum atomic E-state index is -1.02. The summed E-state index contributed by atoms with van der Waals surface area (Å²) in [5.74, 6) is -0.273. The van der Waals surface area contributed by atoms with E-state index in [2.05, 4.69) is 65.8 Å². The van der Waals surface area contributed by atoms with E-state index in [1.165, 1.54) is 22.3 Å². The van der Waals surface area contributed by atoms with Crippen molar-refractivity contribution in [3.8, 4) is 0 Å². The smallest absolute Gasteiger partial charge is 0.306 e. The van der Waals surface area contributed by atoms with Crippen molar-refractivity contribution in [1.29, 1.82) is 0 Å². The Morgan fingerprint density at radius 3 is 1.97 bits per heavy atom. The summed E-state index contributed by atoms with van der Waals surface area (Å²) in [4.78, 5) is 12.2. The number of hydrogen-bond acceptors (Lipinski definition) is 4. The Labute approximate surface area is 178 Å². The second-order valence-corrected chi connectivity index (χ2v) is 8.42. The molecule has 29 heavy (non-hydrogen) atoms. The number of ether oxygens (including phenoxy) is 1. The number of aliphatic hydroxyl groups is 2. The molecule has 0 aliphatic carbocycles. The maximum Gasteiger partial charge on any atom is 0.306 e. The van der Waals surface area contributed by atoms with Crippen molar-refractivity contribution in [2.24, 2.45) is 5.92 Å². The van der Waals surface area contributed by atoms with E-state index in [0.717, 1.165) is 32.1 Å². The molecule has 2 atom stereocenters. The third-order valence-electron chi connectivity index (χ3n) is 4.55. The quantitative estimate of drug-likeness (QED) is 0.288. The summed E-state index contributed by atoms with van der Waals surface area (Å²) in [5.41, 5.74) is 5.24. The zero-order valence-corrected chi connectivity index (χ0v) is 19.3. The largest absolute Gasteiger partial charge is 0.463 e. The topological polar surface area (TPSA) is 66.8 Å². The molecular weight excluding hydrogens is 364 g/mol. The highest BCUT2D eigenvalue weighted by molar-refractivity contribution is 5.70. The van der Waals surface area contributed by atoms with Gasteiger partial charge in [0.25, 0.3) is 0 Å². The average molecular weight is 407 g/mol. The van der Waals surface area contributed by atoms with Crippen LogP contribution in [0.4, 0.5) is 0 Å².